The van der Waals surface area contributed by atoms with Crippen molar-refractivity contribution in [3.05, 3.63) is 65.2 Å². The third-order valence-electron chi connectivity index (χ3n) is 4.24. The average molecular weight is 370 g/mol. The summed E-state index contributed by atoms with van der Waals surface area (Å²) >= 11 is 0. The van der Waals surface area contributed by atoms with Gasteiger partial charge in [0, 0.05) is 32.7 Å². The number of amides is 1. The third kappa shape index (κ3) is 5.82. The van der Waals surface area contributed by atoms with Crippen LogP contribution in [0.4, 0.5) is 0 Å². The summed E-state index contributed by atoms with van der Waals surface area (Å²) in [6, 6.07) is 14.2. The molecule has 144 valence electrons. The molecule has 2 aromatic rings. The second-order valence-corrected chi connectivity index (χ2v) is 6.42. The first-order chi connectivity index (χ1) is 12.9. The average Bonchev–Trinajstić information content (AvgIpc) is 2.67. The molecule has 0 aromatic heterocycles. The first kappa shape index (κ1) is 20.5. The van der Waals surface area contributed by atoms with Crippen LogP contribution in [0.3, 0.4) is 0 Å². The molecule has 0 bridgehead atoms. The van der Waals surface area contributed by atoms with Gasteiger partial charge in [-0.1, -0.05) is 31.2 Å². The molecule has 0 unspecified atom stereocenters. The zero-order valence-electron chi connectivity index (χ0n) is 16.0. The Morgan fingerprint density at radius 2 is 1.70 bits per heavy atom. The highest BCUT2D eigenvalue weighted by Crippen LogP contribution is 2.18. The third-order valence-corrected chi connectivity index (χ3v) is 4.24. The van der Waals surface area contributed by atoms with Gasteiger partial charge in [0.15, 0.2) is 0 Å². The van der Waals surface area contributed by atoms with E-state index in [-0.39, 0.29) is 11.5 Å². The minimum atomic E-state index is -0.995. The molecule has 6 nitrogen and oxygen atoms in total. The minimum absolute atomic E-state index is 0.0145. The van der Waals surface area contributed by atoms with Crippen molar-refractivity contribution in [2.24, 2.45) is 0 Å². The van der Waals surface area contributed by atoms with Crippen LogP contribution in [0.15, 0.2) is 48.5 Å². The number of ether oxygens (including phenoxy) is 1. The van der Waals surface area contributed by atoms with E-state index in [1.807, 2.05) is 24.3 Å². The van der Waals surface area contributed by atoms with E-state index >= 15 is 0 Å². The van der Waals surface area contributed by atoms with E-state index in [1.165, 1.54) is 6.07 Å². The quantitative estimate of drug-likeness (QED) is 0.735. The van der Waals surface area contributed by atoms with Gasteiger partial charge < -0.3 is 14.7 Å². The number of carboxylic acid groups (broad SMARTS) is 1. The largest absolute Gasteiger partial charge is 0.491 e. The Morgan fingerprint density at radius 1 is 1.04 bits per heavy atom. The summed E-state index contributed by atoms with van der Waals surface area (Å²) in [5.41, 5.74) is 1.94. The Hall–Kier alpha value is -2.86. The van der Waals surface area contributed by atoms with Crippen LogP contribution in [0.25, 0.3) is 0 Å². The zero-order valence-corrected chi connectivity index (χ0v) is 16.0. The van der Waals surface area contributed by atoms with E-state index in [0.717, 1.165) is 18.7 Å². The summed E-state index contributed by atoms with van der Waals surface area (Å²) in [5, 5.41) is 9.19. The Labute approximate surface area is 160 Å². The number of nitrogens with zero attached hydrogens (tertiary/aromatic N) is 2. The number of likely N-dealkylation sites (N-methyl/N-ethyl adjacent to an activating group) is 1. The number of aromatic carboxylic acids is 1. The number of rotatable bonds is 9. The van der Waals surface area contributed by atoms with Crippen molar-refractivity contribution in [2.45, 2.75) is 13.5 Å². The highest BCUT2D eigenvalue weighted by Gasteiger charge is 2.11. The van der Waals surface area contributed by atoms with Gasteiger partial charge in [0.25, 0.3) is 5.91 Å². The Bertz CT molecular complexity index is 772. The first-order valence-electron chi connectivity index (χ1n) is 8.90. The lowest BCUT2D eigenvalue weighted by atomic mass is 10.1. The number of hydrogen-bond acceptors (Lipinski definition) is 4. The molecule has 2 rings (SSSR count). The molecule has 0 atom stereocenters. The maximum absolute atomic E-state index is 11.9. The maximum Gasteiger partial charge on any atom is 0.339 e. The van der Waals surface area contributed by atoms with Crippen LogP contribution in [0, 0.1) is 0 Å². The zero-order chi connectivity index (χ0) is 19.8. The van der Waals surface area contributed by atoms with Crippen LogP contribution in [-0.2, 0) is 6.54 Å². The van der Waals surface area contributed by atoms with Gasteiger partial charge >= 0.3 is 5.97 Å². The molecule has 1 amide bonds. The van der Waals surface area contributed by atoms with Crippen molar-refractivity contribution < 1.29 is 19.4 Å². The van der Waals surface area contributed by atoms with Gasteiger partial charge in [0.1, 0.15) is 17.9 Å². The van der Waals surface area contributed by atoms with E-state index in [0.29, 0.717) is 24.5 Å². The van der Waals surface area contributed by atoms with Crippen molar-refractivity contribution in [3.8, 4) is 5.75 Å². The topological polar surface area (TPSA) is 70.1 Å². The van der Waals surface area contributed by atoms with Gasteiger partial charge in [0.05, 0.1) is 0 Å². The summed E-state index contributed by atoms with van der Waals surface area (Å²) in [7, 11) is 3.47. The molecule has 27 heavy (non-hydrogen) atoms. The molecule has 0 aliphatic carbocycles. The van der Waals surface area contributed by atoms with Crippen LogP contribution in [0.2, 0.25) is 0 Å². The standard InChI is InChI=1S/C21H26N2O4/c1-4-23(13-14-27-19-8-6-5-7-18(19)21(25)26)15-16-9-11-17(12-10-16)20(24)22(2)3/h5-12H,4,13-15H2,1-3H3,(H,25,26). The van der Waals surface area contributed by atoms with Crippen molar-refractivity contribution in [2.75, 3.05) is 33.8 Å². The van der Waals surface area contributed by atoms with Crippen LogP contribution in [-0.4, -0.2) is 60.6 Å². The highest BCUT2D eigenvalue weighted by molar-refractivity contribution is 5.93. The molecule has 0 spiro atoms. The normalized spacial score (nSPS) is 10.7. The Morgan fingerprint density at radius 3 is 2.30 bits per heavy atom. The smallest absolute Gasteiger partial charge is 0.339 e. The van der Waals surface area contributed by atoms with E-state index in [4.69, 9.17) is 4.74 Å². The lowest BCUT2D eigenvalue weighted by Crippen LogP contribution is -2.28. The molecule has 2 aromatic carbocycles. The predicted molar refractivity (Wildman–Crippen MR) is 104 cm³/mol. The van der Waals surface area contributed by atoms with Gasteiger partial charge in [-0.3, -0.25) is 9.69 Å². The van der Waals surface area contributed by atoms with Crippen LogP contribution < -0.4 is 4.74 Å². The molecule has 0 heterocycles. The summed E-state index contributed by atoms with van der Waals surface area (Å²) in [6.45, 7) is 4.70. The van der Waals surface area contributed by atoms with Crippen molar-refractivity contribution in [1.29, 1.82) is 0 Å². The monoisotopic (exact) mass is 370 g/mol. The number of carbonyl (C=O) groups excluding carboxylic acids is 1. The highest BCUT2D eigenvalue weighted by atomic mass is 16.5. The molecular weight excluding hydrogens is 344 g/mol. The SMILES string of the molecule is CCN(CCOc1ccccc1C(=O)O)Cc1ccc(C(=O)N(C)C)cc1. The van der Waals surface area contributed by atoms with Crippen LogP contribution in [0.1, 0.15) is 33.2 Å². The summed E-state index contributed by atoms with van der Waals surface area (Å²) in [5.74, 6) is -0.627. The van der Waals surface area contributed by atoms with Crippen molar-refractivity contribution >= 4 is 11.9 Å². The Balaban J connectivity index is 1.91. The molecule has 0 aliphatic heterocycles. The second kappa shape index (κ2) is 9.73. The van der Waals surface area contributed by atoms with Gasteiger partial charge in [-0.25, -0.2) is 4.79 Å². The number of benzene rings is 2. The number of carbonyl (C=O) groups is 2. The number of hydrogen-bond donors (Lipinski definition) is 1. The molecule has 0 fully saturated rings. The number of para-hydroxylation sites is 1. The van der Waals surface area contributed by atoms with E-state index in [9.17, 15) is 14.7 Å². The minimum Gasteiger partial charge on any atom is -0.491 e. The maximum atomic E-state index is 11.9. The van der Waals surface area contributed by atoms with Crippen molar-refractivity contribution in [1.82, 2.24) is 9.80 Å². The predicted octanol–water partition coefficient (Wildman–Crippen LogP) is 2.99. The van der Waals surface area contributed by atoms with Crippen LogP contribution >= 0.6 is 0 Å². The van der Waals surface area contributed by atoms with Gasteiger partial charge in [-0.05, 0) is 36.4 Å². The molecule has 0 saturated heterocycles. The number of carboxylic acids is 1. The molecule has 6 heteroatoms. The van der Waals surface area contributed by atoms with E-state index in [2.05, 4.69) is 11.8 Å². The fourth-order valence-electron chi connectivity index (χ4n) is 2.67. The summed E-state index contributed by atoms with van der Waals surface area (Å²) in [6.07, 6.45) is 0. The molecule has 0 aliphatic rings. The first-order valence-corrected chi connectivity index (χ1v) is 8.90. The summed E-state index contributed by atoms with van der Waals surface area (Å²) < 4.78 is 5.67. The van der Waals surface area contributed by atoms with Gasteiger partial charge in [-0.15, -0.1) is 0 Å². The molecule has 0 saturated carbocycles. The van der Waals surface area contributed by atoms with Gasteiger partial charge in [0.2, 0.25) is 0 Å². The lowest BCUT2D eigenvalue weighted by molar-refractivity contribution is 0.0691. The van der Waals surface area contributed by atoms with E-state index in [1.54, 1.807) is 37.2 Å². The molecular formula is C21H26N2O4. The van der Waals surface area contributed by atoms with Crippen LogP contribution in [0.5, 0.6) is 5.75 Å². The fraction of sp³-hybridized carbons (Fsp3) is 0.333. The van der Waals surface area contributed by atoms with Crippen molar-refractivity contribution in [3.63, 3.8) is 0 Å². The van der Waals surface area contributed by atoms with Gasteiger partial charge in [-0.2, -0.15) is 0 Å². The van der Waals surface area contributed by atoms with E-state index < -0.39 is 5.97 Å². The molecule has 1 N–H and O–H groups in total. The fourth-order valence-corrected chi connectivity index (χ4v) is 2.67. The Kier molecular flexibility index (Phi) is 7.37. The molecule has 0 radical (unpaired) electrons. The lowest BCUT2D eigenvalue weighted by Gasteiger charge is -2.21. The second-order valence-electron chi connectivity index (χ2n) is 6.42. The summed E-state index contributed by atoms with van der Waals surface area (Å²) in [4.78, 5) is 26.9.